The first-order chi connectivity index (χ1) is 4.66. The summed E-state index contributed by atoms with van der Waals surface area (Å²) in [4.78, 5) is 0. The van der Waals surface area contributed by atoms with Gasteiger partial charge in [0.05, 0.1) is 5.76 Å². The van der Waals surface area contributed by atoms with Crippen LogP contribution in [0.25, 0.3) is 0 Å². The zero-order valence-corrected chi connectivity index (χ0v) is 6.05. The molecule has 0 aromatic rings. The third kappa shape index (κ3) is 4.84. The van der Waals surface area contributed by atoms with Crippen LogP contribution in [0.2, 0.25) is 0 Å². The minimum Gasteiger partial charge on any atom is -0.463 e. The molecule has 0 amide bonds. The first kappa shape index (κ1) is 8.69. The SMILES string of the molecule is C=C(C)OC(=C)/C=C\C=N. The molecule has 0 fully saturated rings. The number of nitrogens with one attached hydrogen (secondary N) is 1. The van der Waals surface area contributed by atoms with Crippen molar-refractivity contribution in [1.82, 2.24) is 0 Å². The summed E-state index contributed by atoms with van der Waals surface area (Å²) in [7, 11) is 0. The average molecular weight is 137 g/mol. The molecule has 0 aromatic carbocycles. The number of rotatable bonds is 4. The van der Waals surface area contributed by atoms with Gasteiger partial charge in [-0.05, 0) is 19.1 Å². The zero-order valence-electron chi connectivity index (χ0n) is 6.05. The van der Waals surface area contributed by atoms with E-state index in [4.69, 9.17) is 10.1 Å². The van der Waals surface area contributed by atoms with Crippen LogP contribution in [0.15, 0.2) is 36.8 Å². The van der Waals surface area contributed by atoms with Crippen LogP contribution in [-0.4, -0.2) is 6.21 Å². The smallest absolute Gasteiger partial charge is 0.119 e. The van der Waals surface area contributed by atoms with Crippen molar-refractivity contribution in [2.45, 2.75) is 6.92 Å². The van der Waals surface area contributed by atoms with Crippen molar-refractivity contribution in [1.29, 1.82) is 5.41 Å². The van der Waals surface area contributed by atoms with E-state index in [0.29, 0.717) is 11.5 Å². The van der Waals surface area contributed by atoms with E-state index >= 15 is 0 Å². The maximum atomic E-state index is 6.65. The Morgan fingerprint density at radius 3 is 2.50 bits per heavy atom. The molecule has 0 atom stereocenters. The van der Waals surface area contributed by atoms with E-state index in [2.05, 4.69) is 13.2 Å². The van der Waals surface area contributed by atoms with Gasteiger partial charge < -0.3 is 10.1 Å². The van der Waals surface area contributed by atoms with E-state index in [1.165, 1.54) is 6.08 Å². The minimum absolute atomic E-state index is 0.496. The van der Waals surface area contributed by atoms with E-state index < -0.39 is 0 Å². The van der Waals surface area contributed by atoms with Crippen molar-refractivity contribution in [2.75, 3.05) is 0 Å². The van der Waals surface area contributed by atoms with Crippen molar-refractivity contribution in [3.8, 4) is 0 Å². The van der Waals surface area contributed by atoms with Crippen molar-refractivity contribution < 1.29 is 4.74 Å². The standard InChI is InChI=1S/C8H11NO/c1-7(2)10-8(3)5-4-6-9/h4-6,9H,1,3H2,2H3/b5-4-,9-6?. The molecule has 2 heteroatoms. The Bertz CT molecular complexity index is 180. The molecular formula is C8H11NO. The number of allylic oxidation sites excluding steroid dienone is 3. The van der Waals surface area contributed by atoms with Crippen LogP contribution in [0.3, 0.4) is 0 Å². The highest BCUT2D eigenvalue weighted by Gasteiger charge is 1.85. The third-order valence-corrected chi connectivity index (χ3v) is 0.684. The summed E-state index contributed by atoms with van der Waals surface area (Å²) in [6.45, 7) is 8.83. The quantitative estimate of drug-likeness (QED) is 0.360. The lowest BCUT2D eigenvalue weighted by Gasteiger charge is -2.00. The van der Waals surface area contributed by atoms with Gasteiger partial charge in [-0.15, -0.1) is 0 Å². The Labute approximate surface area is 61.0 Å². The molecule has 0 aromatic heterocycles. The molecule has 0 radical (unpaired) electrons. The van der Waals surface area contributed by atoms with Crippen LogP contribution in [0.4, 0.5) is 0 Å². The van der Waals surface area contributed by atoms with Crippen LogP contribution in [-0.2, 0) is 4.74 Å². The monoisotopic (exact) mass is 137 g/mol. The summed E-state index contributed by atoms with van der Waals surface area (Å²) in [5, 5.41) is 6.65. The molecular weight excluding hydrogens is 126 g/mol. The van der Waals surface area contributed by atoms with Gasteiger partial charge >= 0.3 is 0 Å². The van der Waals surface area contributed by atoms with Crippen LogP contribution in [0.1, 0.15) is 6.92 Å². The molecule has 0 bridgehead atoms. The molecule has 0 aliphatic heterocycles. The predicted molar refractivity (Wildman–Crippen MR) is 43.0 cm³/mol. The second kappa shape index (κ2) is 4.56. The van der Waals surface area contributed by atoms with Crippen molar-refractivity contribution >= 4 is 6.21 Å². The number of hydrogen-bond acceptors (Lipinski definition) is 2. The largest absolute Gasteiger partial charge is 0.463 e. The molecule has 0 unspecified atom stereocenters. The zero-order chi connectivity index (χ0) is 7.98. The van der Waals surface area contributed by atoms with Gasteiger partial charge in [0.1, 0.15) is 5.76 Å². The second-order valence-corrected chi connectivity index (χ2v) is 1.80. The average Bonchev–Trinajstić information content (AvgIpc) is 1.82. The van der Waals surface area contributed by atoms with Gasteiger partial charge in [0.25, 0.3) is 0 Å². The molecule has 0 spiro atoms. The maximum Gasteiger partial charge on any atom is 0.119 e. The van der Waals surface area contributed by atoms with Gasteiger partial charge in [-0.1, -0.05) is 13.2 Å². The molecule has 0 aliphatic rings. The Hall–Kier alpha value is -1.31. The van der Waals surface area contributed by atoms with E-state index in [0.717, 1.165) is 6.21 Å². The Kier molecular flexibility index (Phi) is 3.96. The van der Waals surface area contributed by atoms with Gasteiger partial charge in [0.15, 0.2) is 0 Å². The summed E-state index contributed by atoms with van der Waals surface area (Å²) in [6.07, 6.45) is 4.29. The molecule has 10 heavy (non-hydrogen) atoms. The predicted octanol–water partition coefficient (Wildman–Crippen LogP) is 2.26. The summed E-state index contributed by atoms with van der Waals surface area (Å²) in [5.74, 6) is 1.09. The van der Waals surface area contributed by atoms with E-state index in [-0.39, 0.29) is 0 Å². The normalized spacial score (nSPS) is 9.30. The molecule has 0 aliphatic carbocycles. The first-order valence-electron chi connectivity index (χ1n) is 2.86. The first-order valence-corrected chi connectivity index (χ1v) is 2.86. The highest BCUT2D eigenvalue weighted by atomic mass is 16.5. The van der Waals surface area contributed by atoms with Crippen molar-refractivity contribution in [3.63, 3.8) is 0 Å². The Morgan fingerprint density at radius 1 is 1.50 bits per heavy atom. The molecule has 2 nitrogen and oxygen atoms in total. The molecule has 0 rings (SSSR count). The molecule has 0 heterocycles. The van der Waals surface area contributed by atoms with Crippen molar-refractivity contribution in [2.24, 2.45) is 0 Å². The lowest BCUT2D eigenvalue weighted by molar-refractivity contribution is 0.326. The second-order valence-electron chi connectivity index (χ2n) is 1.80. The molecule has 0 saturated carbocycles. The fourth-order valence-corrected chi connectivity index (χ4v) is 0.413. The lowest BCUT2D eigenvalue weighted by Crippen LogP contribution is -1.82. The number of ether oxygens (including phenoxy) is 1. The van der Waals surface area contributed by atoms with E-state index in [1.54, 1.807) is 13.0 Å². The number of hydrogen-bond donors (Lipinski definition) is 1. The Balaban J connectivity index is 3.75. The van der Waals surface area contributed by atoms with Gasteiger partial charge in [-0.2, -0.15) is 0 Å². The maximum absolute atomic E-state index is 6.65. The van der Waals surface area contributed by atoms with Crippen LogP contribution < -0.4 is 0 Å². The van der Waals surface area contributed by atoms with E-state index in [9.17, 15) is 0 Å². The summed E-state index contributed by atoms with van der Waals surface area (Å²) in [6, 6.07) is 0. The van der Waals surface area contributed by atoms with E-state index in [1.807, 2.05) is 0 Å². The molecule has 0 saturated heterocycles. The fourth-order valence-electron chi connectivity index (χ4n) is 0.413. The van der Waals surface area contributed by atoms with Crippen molar-refractivity contribution in [3.05, 3.63) is 36.8 Å². The minimum atomic E-state index is 0.496. The van der Waals surface area contributed by atoms with Gasteiger partial charge in [0.2, 0.25) is 0 Å². The fraction of sp³-hybridized carbons (Fsp3) is 0.125. The van der Waals surface area contributed by atoms with Gasteiger partial charge in [0, 0.05) is 6.21 Å². The summed E-state index contributed by atoms with van der Waals surface area (Å²) >= 11 is 0. The lowest BCUT2D eigenvalue weighted by atomic mass is 10.4. The topological polar surface area (TPSA) is 33.1 Å². The van der Waals surface area contributed by atoms with Crippen LogP contribution in [0, 0.1) is 5.41 Å². The third-order valence-electron chi connectivity index (χ3n) is 0.684. The summed E-state index contributed by atoms with van der Waals surface area (Å²) < 4.78 is 4.97. The summed E-state index contributed by atoms with van der Waals surface area (Å²) in [5.41, 5.74) is 0. The highest BCUT2D eigenvalue weighted by molar-refractivity contribution is 5.68. The van der Waals surface area contributed by atoms with Crippen LogP contribution >= 0.6 is 0 Å². The highest BCUT2D eigenvalue weighted by Crippen LogP contribution is 2.01. The van der Waals surface area contributed by atoms with Crippen LogP contribution in [0.5, 0.6) is 0 Å². The molecule has 54 valence electrons. The van der Waals surface area contributed by atoms with Gasteiger partial charge in [-0.3, -0.25) is 0 Å². The Morgan fingerprint density at radius 2 is 2.10 bits per heavy atom. The molecule has 1 N–H and O–H groups in total. The van der Waals surface area contributed by atoms with Gasteiger partial charge in [-0.25, -0.2) is 0 Å².